The number of phenols is 1. The van der Waals surface area contributed by atoms with Crippen molar-refractivity contribution in [2.45, 2.75) is 39.2 Å². The van der Waals surface area contributed by atoms with Crippen LogP contribution >= 0.6 is 0 Å². The summed E-state index contributed by atoms with van der Waals surface area (Å²) in [4.78, 5) is 13.8. The first kappa shape index (κ1) is 16.4. The number of likely N-dealkylation sites (tertiary alicyclic amines) is 1. The fourth-order valence-corrected chi connectivity index (χ4v) is 2.48. The van der Waals surface area contributed by atoms with Crippen LogP contribution in [0.1, 0.15) is 39.2 Å². The maximum absolute atomic E-state index is 12.0. The summed E-state index contributed by atoms with van der Waals surface area (Å²) in [6.45, 7) is 7.11. The van der Waals surface area contributed by atoms with Crippen LogP contribution in [0.15, 0.2) is 30.3 Å². The van der Waals surface area contributed by atoms with E-state index in [9.17, 15) is 9.90 Å². The van der Waals surface area contributed by atoms with Crippen molar-refractivity contribution < 1.29 is 14.6 Å². The fourth-order valence-electron chi connectivity index (χ4n) is 2.48. The summed E-state index contributed by atoms with van der Waals surface area (Å²) < 4.78 is 5.40. The Labute approximate surface area is 132 Å². The second-order valence-corrected chi connectivity index (χ2v) is 6.76. The highest BCUT2D eigenvalue weighted by Crippen LogP contribution is 2.22. The maximum Gasteiger partial charge on any atom is 0.410 e. The number of nitrogens with zero attached hydrogens (tertiary/aromatic N) is 1. The number of hydrogen-bond acceptors (Lipinski definition) is 3. The van der Waals surface area contributed by atoms with Crippen molar-refractivity contribution >= 4 is 12.2 Å². The summed E-state index contributed by atoms with van der Waals surface area (Å²) in [6.07, 6.45) is 5.86. The Bertz CT molecular complexity index is 538. The van der Waals surface area contributed by atoms with Gasteiger partial charge in [-0.15, -0.1) is 0 Å². The minimum Gasteiger partial charge on any atom is -0.508 e. The van der Waals surface area contributed by atoms with E-state index in [1.54, 1.807) is 17.0 Å². The lowest BCUT2D eigenvalue weighted by Crippen LogP contribution is -2.41. The molecule has 1 N–H and O–H groups in total. The topological polar surface area (TPSA) is 49.8 Å². The summed E-state index contributed by atoms with van der Waals surface area (Å²) in [6, 6.07) is 7.20. The molecule has 1 aromatic rings. The minimum absolute atomic E-state index is 0.220. The monoisotopic (exact) mass is 303 g/mol. The van der Waals surface area contributed by atoms with Gasteiger partial charge in [0, 0.05) is 13.1 Å². The van der Waals surface area contributed by atoms with E-state index in [1.807, 2.05) is 39.0 Å². The zero-order chi connectivity index (χ0) is 16.2. The summed E-state index contributed by atoms with van der Waals surface area (Å²) in [5.74, 6) is 0.739. The SMILES string of the molecule is CC(C)(C)OC(=O)N1CCC(C=Cc2cccc(O)c2)CC1. The Morgan fingerprint density at radius 1 is 1.32 bits per heavy atom. The lowest BCUT2D eigenvalue weighted by atomic mass is 9.96. The lowest BCUT2D eigenvalue weighted by molar-refractivity contribution is 0.0197. The molecule has 1 amide bonds. The Hall–Kier alpha value is -1.97. The minimum atomic E-state index is -0.441. The van der Waals surface area contributed by atoms with Crippen LogP contribution in [-0.2, 0) is 4.74 Å². The molecule has 0 spiro atoms. The molecule has 2 rings (SSSR count). The molecule has 1 aromatic carbocycles. The van der Waals surface area contributed by atoms with Crippen molar-refractivity contribution in [3.05, 3.63) is 35.9 Å². The Kier molecular flexibility index (Phi) is 5.11. The number of allylic oxidation sites excluding steroid dienone is 1. The zero-order valence-corrected chi connectivity index (χ0v) is 13.6. The first-order valence-electron chi connectivity index (χ1n) is 7.79. The van der Waals surface area contributed by atoms with Crippen molar-refractivity contribution in [1.82, 2.24) is 4.90 Å². The smallest absolute Gasteiger partial charge is 0.410 e. The largest absolute Gasteiger partial charge is 0.508 e. The van der Waals surface area contributed by atoms with Crippen molar-refractivity contribution in [2.24, 2.45) is 5.92 Å². The highest BCUT2D eigenvalue weighted by Gasteiger charge is 2.25. The first-order valence-corrected chi connectivity index (χ1v) is 7.79. The van der Waals surface area contributed by atoms with E-state index in [1.165, 1.54) is 0 Å². The molecule has 4 nitrogen and oxygen atoms in total. The second kappa shape index (κ2) is 6.86. The number of hydrogen-bond donors (Lipinski definition) is 1. The van der Waals surface area contributed by atoms with Gasteiger partial charge in [-0.25, -0.2) is 4.79 Å². The quantitative estimate of drug-likeness (QED) is 0.896. The maximum atomic E-state index is 12.0. The highest BCUT2D eigenvalue weighted by molar-refractivity contribution is 5.68. The molecule has 0 atom stereocenters. The molecule has 1 fully saturated rings. The summed E-state index contributed by atoms with van der Waals surface area (Å²) in [5.41, 5.74) is 0.554. The van der Waals surface area contributed by atoms with Crippen molar-refractivity contribution in [3.63, 3.8) is 0 Å². The van der Waals surface area contributed by atoms with Crippen LogP contribution in [0.4, 0.5) is 4.79 Å². The summed E-state index contributed by atoms with van der Waals surface area (Å²) in [5, 5.41) is 9.45. The molecule has 0 unspecified atom stereocenters. The van der Waals surface area contributed by atoms with Gasteiger partial charge in [-0.05, 0) is 57.2 Å². The standard InChI is InChI=1S/C18H25NO3/c1-18(2,3)22-17(21)19-11-9-14(10-12-19)7-8-15-5-4-6-16(20)13-15/h4-8,13-14,20H,9-12H2,1-3H3. The molecule has 1 saturated heterocycles. The van der Waals surface area contributed by atoms with Gasteiger partial charge in [0.25, 0.3) is 0 Å². The molecule has 4 heteroatoms. The van der Waals surface area contributed by atoms with E-state index in [2.05, 4.69) is 6.08 Å². The van der Waals surface area contributed by atoms with E-state index >= 15 is 0 Å². The molecule has 22 heavy (non-hydrogen) atoms. The number of phenolic OH excluding ortho intramolecular Hbond substituents is 1. The summed E-state index contributed by atoms with van der Waals surface area (Å²) in [7, 11) is 0. The van der Waals surface area contributed by atoms with E-state index in [0.717, 1.165) is 31.5 Å². The second-order valence-electron chi connectivity index (χ2n) is 6.76. The molecule has 0 saturated carbocycles. The van der Waals surface area contributed by atoms with Crippen LogP contribution in [0, 0.1) is 5.92 Å². The molecule has 0 radical (unpaired) electrons. The van der Waals surface area contributed by atoms with Crippen LogP contribution in [0.5, 0.6) is 5.75 Å². The zero-order valence-electron chi connectivity index (χ0n) is 13.6. The number of carbonyl (C=O) groups is 1. The normalized spacial score (nSPS) is 17.0. The molecule has 0 aromatic heterocycles. The molecular formula is C18H25NO3. The molecule has 1 aliphatic rings. The Balaban J connectivity index is 1.83. The number of amides is 1. The Morgan fingerprint density at radius 3 is 2.59 bits per heavy atom. The van der Waals surface area contributed by atoms with Crippen LogP contribution < -0.4 is 0 Å². The third-order valence-electron chi connectivity index (χ3n) is 3.62. The molecule has 1 heterocycles. The molecule has 1 aliphatic heterocycles. The number of rotatable bonds is 2. The van der Waals surface area contributed by atoms with Gasteiger partial charge >= 0.3 is 6.09 Å². The van der Waals surface area contributed by atoms with E-state index < -0.39 is 5.60 Å². The average Bonchev–Trinajstić information content (AvgIpc) is 2.44. The predicted octanol–water partition coefficient (Wildman–Crippen LogP) is 4.05. The summed E-state index contributed by atoms with van der Waals surface area (Å²) >= 11 is 0. The van der Waals surface area contributed by atoms with Crippen LogP contribution in [0.25, 0.3) is 6.08 Å². The molecular weight excluding hydrogens is 278 g/mol. The van der Waals surface area contributed by atoms with Gasteiger partial charge in [0.15, 0.2) is 0 Å². The van der Waals surface area contributed by atoms with Crippen molar-refractivity contribution in [1.29, 1.82) is 0 Å². The highest BCUT2D eigenvalue weighted by atomic mass is 16.6. The molecule has 120 valence electrons. The number of carbonyl (C=O) groups excluding carboxylic acids is 1. The van der Waals surface area contributed by atoms with Gasteiger partial charge in [-0.2, -0.15) is 0 Å². The number of piperidine rings is 1. The van der Waals surface area contributed by atoms with Gasteiger partial charge in [0.1, 0.15) is 11.4 Å². The van der Waals surface area contributed by atoms with Crippen molar-refractivity contribution in [3.8, 4) is 5.75 Å². The number of benzene rings is 1. The van der Waals surface area contributed by atoms with Crippen LogP contribution in [0.2, 0.25) is 0 Å². The van der Waals surface area contributed by atoms with E-state index in [-0.39, 0.29) is 11.8 Å². The van der Waals surface area contributed by atoms with Crippen LogP contribution in [0.3, 0.4) is 0 Å². The van der Waals surface area contributed by atoms with Gasteiger partial charge in [-0.3, -0.25) is 0 Å². The first-order chi connectivity index (χ1) is 10.3. The van der Waals surface area contributed by atoms with Gasteiger partial charge in [0.05, 0.1) is 0 Å². The third kappa shape index (κ3) is 5.10. The van der Waals surface area contributed by atoms with Gasteiger partial charge in [0.2, 0.25) is 0 Å². The van der Waals surface area contributed by atoms with Crippen molar-refractivity contribution in [2.75, 3.05) is 13.1 Å². The van der Waals surface area contributed by atoms with Crippen LogP contribution in [-0.4, -0.2) is 34.8 Å². The fraction of sp³-hybridized carbons (Fsp3) is 0.500. The number of aromatic hydroxyl groups is 1. The Morgan fingerprint density at radius 2 is 2.00 bits per heavy atom. The molecule has 0 bridgehead atoms. The average molecular weight is 303 g/mol. The number of ether oxygens (including phenoxy) is 1. The molecule has 0 aliphatic carbocycles. The van der Waals surface area contributed by atoms with Gasteiger partial charge < -0.3 is 14.7 Å². The lowest BCUT2D eigenvalue weighted by Gasteiger charge is -2.32. The predicted molar refractivity (Wildman–Crippen MR) is 87.7 cm³/mol. The third-order valence-corrected chi connectivity index (χ3v) is 3.62. The van der Waals surface area contributed by atoms with E-state index in [0.29, 0.717) is 5.92 Å². The van der Waals surface area contributed by atoms with E-state index in [4.69, 9.17) is 4.74 Å². The van der Waals surface area contributed by atoms with Gasteiger partial charge in [-0.1, -0.05) is 24.3 Å².